The molecule has 0 unspecified atom stereocenters. The summed E-state index contributed by atoms with van der Waals surface area (Å²) in [5, 5.41) is 3.42. The normalized spacial score (nSPS) is 10.4. The number of benzene rings is 1. The maximum absolute atomic E-state index is 11.6. The van der Waals surface area contributed by atoms with Gasteiger partial charge >= 0.3 is 0 Å². The van der Waals surface area contributed by atoms with E-state index < -0.39 is 0 Å². The Morgan fingerprint density at radius 1 is 1.50 bits per heavy atom. The SMILES string of the molecule is CC(C)NC(=O)c1ccc(Cl)cc1Br. The van der Waals surface area contributed by atoms with Gasteiger partial charge in [-0.25, -0.2) is 0 Å². The summed E-state index contributed by atoms with van der Waals surface area (Å²) in [7, 11) is 0. The minimum absolute atomic E-state index is 0.0939. The van der Waals surface area contributed by atoms with E-state index in [9.17, 15) is 4.79 Å². The van der Waals surface area contributed by atoms with Crippen LogP contribution in [-0.4, -0.2) is 11.9 Å². The van der Waals surface area contributed by atoms with Gasteiger partial charge in [0.25, 0.3) is 5.91 Å². The van der Waals surface area contributed by atoms with E-state index in [-0.39, 0.29) is 11.9 Å². The third kappa shape index (κ3) is 3.00. The molecule has 1 amide bonds. The van der Waals surface area contributed by atoms with Gasteiger partial charge in [0.15, 0.2) is 0 Å². The second-order valence-electron chi connectivity index (χ2n) is 3.25. The average Bonchev–Trinajstić information content (AvgIpc) is 2.01. The van der Waals surface area contributed by atoms with Crippen molar-refractivity contribution in [2.45, 2.75) is 19.9 Å². The van der Waals surface area contributed by atoms with Crippen LogP contribution in [0.3, 0.4) is 0 Å². The molecule has 0 fully saturated rings. The lowest BCUT2D eigenvalue weighted by molar-refractivity contribution is 0.0942. The van der Waals surface area contributed by atoms with Gasteiger partial charge in [0.05, 0.1) is 5.56 Å². The zero-order valence-corrected chi connectivity index (χ0v) is 10.3. The van der Waals surface area contributed by atoms with E-state index in [1.165, 1.54) is 0 Å². The summed E-state index contributed by atoms with van der Waals surface area (Å²) in [6.07, 6.45) is 0. The Bertz CT molecular complexity index is 352. The molecule has 0 spiro atoms. The molecule has 0 aliphatic rings. The van der Waals surface area contributed by atoms with Crippen molar-refractivity contribution < 1.29 is 4.79 Å². The molecule has 0 saturated carbocycles. The van der Waals surface area contributed by atoms with Crippen LogP contribution >= 0.6 is 27.5 Å². The Labute approximate surface area is 96.8 Å². The fraction of sp³-hybridized carbons (Fsp3) is 0.300. The maximum atomic E-state index is 11.6. The molecule has 1 aromatic carbocycles. The molecule has 0 aliphatic carbocycles. The Hall–Kier alpha value is -0.540. The lowest BCUT2D eigenvalue weighted by Crippen LogP contribution is -2.30. The number of carbonyl (C=O) groups excluding carboxylic acids is 1. The van der Waals surface area contributed by atoms with Gasteiger partial charge in [0.1, 0.15) is 0 Å². The highest BCUT2D eigenvalue weighted by Gasteiger charge is 2.10. The largest absolute Gasteiger partial charge is 0.350 e. The number of carbonyl (C=O) groups is 1. The number of amides is 1. The topological polar surface area (TPSA) is 29.1 Å². The van der Waals surface area contributed by atoms with Crippen molar-refractivity contribution in [3.05, 3.63) is 33.3 Å². The Kier molecular flexibility index (Phi) is 3.96. The smallest absolute Gasteiger partial charge is 0.252 e. The van der Waals surface area contributed by atoms with Gasteiger partial charge in [-0.15, -0.1) is 0 Å². The number of nitrogens with one attached hydrogen (secondary N) is 1. The lowest BCUT2D eigenvalue weighted by atomic mass is 10.2. The predicted octanol–water partition coefficient (Wildman–Crippen LogP) is 3.24. The van der Waals surface area contributed by atoms with E-state index in [4.69, 9.17) is 11.6 Å². The van der Waals surface area contributed by atoms with Crippen LogP contribution in [-0.2, 0) is 0 Å². The van der Waals surface area contributed by atoms with E-state index in [0.717, 1.165) is 0 Å². The van der Waals surface area contributed by atoms with E-state index in [2.05, 4.69) is 21.2 Å². The van der Waals surface area contributed by atoms with Crippen molar-refractivity contribution in [2.75, 3.05) is 0 Å². The zero-order valence-electron chi connectivity index (χ0n) is 7.97. The van der Waals surface area contributed by atoms with Crippen LogP contribution in [0.2, 0.25) is 5.02 Å². The van der Waals surface area contributed by atoms with Crippen LogP contribution in [0, 0.1) is 0 Å². The quantitative estimate of drug-likeness (QED) is 0.883. The second kappa shape index (κ2) is 4.80. The van der Waals surface area contributed by atoms with Gasteiger partial charge in [-0.3, -0.25) is 4.79 Å². The highest BCUT2D eigenvalue weighted by atomic mass is 79.9. The van der Waals surface area contributed by atoms with E-state index in [0.29, 0.717) is 15.1 Å². The fourth-order valence-corrected chi connectivity index (χ4v) is 1.88. The molecular formula is C10H11BrClNO. The van der Waals surface area contributed by atoms with E-state index >= 15 is 0 Å². The van der Waals surface area contributed by atoms with Crippen molar-refractivity contribution in [1.29, 1.82) is 0 Å². The molecule has 0 heterocycles. The molecule has 0 aromatic heterocycles. The fourth-order valence-electron chi connectivity index (χ4n) is 1.01. The van der Waals surface area contributed by atoms with Gasteiger partial charge in [-0.1, -0.05) is 11.6 Å². The molecule has 1 aromatic rings. The number of hydrogen-bond acceptors (Lipinski definition) is 1. The lowest BCUT2D eigenvalue weighted by Gasteiger charge is -2.09. The van der Waals surface area contributed by atoms with Crippen molar-refractivity contribution in [2.24, 2.45) is 0 Å². The number of rotatable bonds is 2. The molecule has 0 atom stereocenters. The summed E-state index contributed by atoms with van der Waals surface area (Å²) in [5.41, 5.74) is 0.600. The first-order valence-electron chi connectivity index (χ1n) is 4.26. The molecule has 1 N–H and O–H groups in total. The Balaban J connectivity index is 2.90. The second-order valence-corrected chi connectivity index (χ2v) is 4.54. The summed E-state index contributed by atoms with van der Waals surface area (Å²) in [4.78, 5) is 11.6. The highest BCUT2D eigenvalue weighted by Crippen LogP contribution is 2.21. The summed E-state index contributed by atoms with van der Waals surface area (Å²) < 4.78 is 0.711. The van der Waals surface area contributed by atoms with Crippen molar-refractivity contribution in [3.63, 3.8) is 0 Å². The monoisotopic (exact) mass is 275 g/mol. The van der Waals surface area contributed by atoms with Crippen molar-refractivity contribution in [1.82, 2.24) is 5.32 Å². The van der Waals surface area contributed by atoms with E-state index in [1.807, 2.05) is 13.8 Å². The minimum atomic E-state index is -0.0939. The number of hydrogen-bond donors (Lipinski definition) is 1. The Morgan fingerprint density at radius 3 is 2.64 bits per heavy atom. The number of halogens is 2. The van der Waals surface area contributed by atoms with Gasteiger partial charge < -0.3 is 5.32 Å². The first kappa shape index (κ1) is 11.5. The van der Waals surface area contributed by atoms with Gasteiger partial charge in [0.2, 0.25) is 0 Å². The molecule has 2 nitrogen and oxygen atoms in total. The predicted molar refractivity (Wildman–Crippen MR) is 61.8 cm³/mol. The highest BCUT2D eigenvalue weighted by molar-refractivity contribution is 9.10. The molecule has 4 heteroatoms. The molecule has 0 aliphatic heterocycles. The first-order chi connectivity index (χ1) is 6.50. The molecule has 0 bridgehead atoms. The van der Waals surface area contributed by atoms with Gasteiger partial charge in [-0.2, -0.15) is 0 Å². The van der Waals surface area contributed by atoms with Crippen LogP contribution in [0.1, 0.15) is 24.2 Å². The van der Waals surface area contributed by atoms with Crippen LogP contribution in [0.25, 0.3) is 0 Å². The van der Waals surface area contributed by atoms with Crippen molar-refractivity contribution in [3.8, 4) is 0 Å². The van der Waals surface area contributed by atoms with Gasteiger partial charge in [0, 0.05) is 15.5 Å². The van der Waals surface area contributed by atoms with Crippen LogP contribution in [0.5, 0.6) is 0 Å². The van der Waals surface area contributed by atoms with Crippen LogP contribution in [0.4, 0.5) is 0 Å². The van der Waals surface area contributed by atoms with E-state index in [1.54, 1.807) is 18.2 Å². The summed E-state index contributed by atoms with van der Waals surface area (Å²) in [6.45, 7) is 3.84. The standard InChI is InChI=1S/C10H11BrClNO/c1-6(2)13-10(14)8-4-3-7(12)5-9(8)11/h3-6H,1-2H3,(H,13,14). The molecule has 1 rings (SSSR count). The first-order valence-corrected chi connectivity index (χ1v) is 5.43. The third-order valence-electron chi connectivity index (χ3n) is 1.60. The summed E-state index contributed by atoms with van der Waals surface area (Å²) in [6, 6.07) is 5.23. The van der Waals surface area contributed by atoms with Gasteiger partial charge in [-0.05, 0) is 48.0 Å². The molecular weight excluding hydrogens is 265 g/mol. The maximum Gasteiger partial charge on any atom is 0.252 e. The van der Waals surface area contributed by atoms with Crippen molar-refractivity contribution >= 4 is 33.4 Å². The molecule has 14 heavy (non-hydrogen) atoms. The summed E-state index contributed by atoms with van der Waals surface area (Å²) in [5.74, 6) is -0.0939. The molecule has 0 radical (unpaired) electrons. The van der Waals surface area contributed by atoms with Crippen LogP contribution in [0.15, 0.2) is 22.7 Å². The average molecular weight is 277 g/mol. The summed E-state index contributed by atoms with van der Waals surface area (Å²) >= 11 is 9.06. The molecule has 0 saturated heterocycles. The molecule has 76 valence electrons. The van der Waals surface area contributed by atoms with Crippen LogP contribution < -0.4 is 5.32 Å². The minimum Gasteiger partial charge on any atom is -0.350 e. The Morgan fingerprint density at radius 2 is 2.14 bits per heavy atom. The third-order valence-corrected chi connectivity index (χ3v) is 2.49. The zero-order chi connectivity index (χ0) is 10.7.